The van der Waals surface area contributed by atoms with Gasteiger partial charge in [-0.15, -0.1) is 0 Å². The molecule has 2 aromatic carbocycles. The number of hydrogen-bond acceptors (Lipinski definition) is 4. The van der Waals surface area contributed by atoms with Gasteiger partial charge in [-0.2, -0.15) is 5.26 Å². The van der Waals surface area contributed by atoms with E-state index in [2.05, 4.69) is 16.7 Å². The molecule has 2 atom stereocenters. The molecule has 1 heterocycles. The molecule has 0 aromatic heterocycles. The van der Waals surface area contributed by atoms with Crippen LogP contribution in [0.25, 0.3) is 0 Å². The highest BCUT2D eigenvalue weighted by Gasteiger charge is 2.29. The number of carbonyl (C=O) groups is 1. The lowest BCUT2D eigenvalue weighted by Gasteiger charge is -2.11. The largest absolute Gasteiger partial charge is 0.457 e. The first-order valence-corrected chi connectivity index (χ1v) is 7.61. The Morgan fingerprint density at radius 3 is 2.38 bits per heavy atom. The molecule has 0 saturated carbocycles. The third kappa shape index (κ3) is 3.89. The first-order chi connectivity index (χ1) is 11.6. The minimum atomic E-state index is -0.343. The van der Waals surface area contributed by atoms with Crippen molar-refractivity contribution in [3.8, 4) is 17.6 Å². The molecule has 1 unspecified atom stereocenters. The van der Waals surface area contributed by atoms with Gasteiger partial charge >= 0.3 is 0 Å². The van der Waals surface area contributed by atoms with E-state index < -0.39 is 0 Å². The number of nitrogens with one attached hydrogen (secondary N) is 2. The average Bonchev–Trinajstić information content (AvgIpc) is 3.08. The van der Waals surface area contributed by atoms with Gasteiger partial charge in [-0.05, 0) is 55.0 Å². The molecule has 1 saturated heterocycles. The van der Waals surface area contributed by atoms with Crippen LogP contribution in [0.4, 0.5) is 10.1 Å². The molecule has 1 fully saturated rings. The van der Waals surface area contributed by atoms with Crippen molar-refractivity contribution in [2.45, 2.75) is 12.5 Å². The quantitative estimate of drug-likeness (QED) is 0.906. The number of carbonyl (C=O) groups excluding carboxylic acids is 1. The second-order valence-corrected chi connectivity index (χ2v) is 5.59. The lowest BCUT2D eigenvalue weighted by molar-refractivity contribution is -0.117. The molecule has 2 N–H and O–H groups in total. The van der Waals surface area contributed by atoms with Crippen molar-refractivity contribution < 1.29 is 13.9 Å². The van der Waals surface area contributed by atoms with E-state index in [4.69, 9.17) is 10.00 Å². The Balaban J connectivity index is 1.57. The molecule has 2 aromatic rings. The van der Waals surface area contributed by atoms with E-state index in [0.29, 0.717) is 30.2 Å². The summed E-state index contributed by atoms with van der Waals surface area (Å²) in [5, 5.41) is 14.7. The third-order valence-electron chi connectivity index (χ3n) is 3.80. The van der Waals surface area contributed by atoms with Crippen molar-refractivity contribution in [1.82, 2.24) is 5.32 Å². The van der Waals surface area contributed by atoms with E-state index >= 15 is 0 Å². The Morgan fingerprint density at radius 2 is 1.79 bits per heavy atom. The number of benzene rings is 2. The zero-order valence-corrected chi connectivity index (χ0v) is 12.8. The summed E-state index contributed by atoms with van der Waals surface area (Å²) in [5.74, 6) is 0.529. The van der Waals surface area contributed by atoms with Crippen molar-refractivity contribution in [2.75, 3.05) is 11.9 Å². The van der Waals surface area contributed by atoms with Gasteiger partial charge in [0.2, 0.25) is 5.91 Å². The summed E-state index contributed by atoms with van der Waals surface area (Å²) in [7, 11) is 0. The number of hydrogen-bond donors (Lipinski definition) is 2. The Hall–Kier alpha value is -2.91. The molecule has 1 aliphatic heterocycles. The normalized spacial score (nSPS) is 19.5. The smallest absolute Gasteiger partial charge is 0.241 e. The van der Waals surface area contributed by atoms with Crippen molar-refractivity contribution in [3.05, 3.63) is 54.3 Å². The van der Waals surface area contributed by atoms with Crippen LogP contribution >= 0.6 is 0 Å². The molecule has 24 heavy (non-hydrogen) atoms. The molecular formula is C18H16FN3O2. The molecule has 0 aliphatic carbocycles. The molecule has 5 nitrogen and oxygen atoms in total. The first kappa shape index (κ1) is 16.0. The Labute approximate surface area is 139 Å². The van der Waals surface area contributed by atoms with Crippen LogP contribution in [0.15, 0.2) is 48.5 Å². The Morgan fingerprint density at radius 1 is 1.17 bits per heavy atom. The molecule has 122 valence electrons. The van der Waals surface area contributed by atoms with Gasteiger partial charge in [0.05, 0.1) is 18.0 Å². The summed E-state index contributed by atoms with van der Waals surface area (Å²) in [4.78, 5) is 12.1. The minimum absolute atomic E-state index is 0.118. The van der Waals surface area contributed by atoms with Gasteiger partial charge in [-0.1, -0.05) is 0 Å². The number of amides is 1. The van der Waals surface area contributed by atoms with Crippen LogP contribution < -0.4 is 15.4 Å². The highest BCUT2D eigenvalue weighted by atomic mass is 19.1. The fourth-order valence-corrected chi connectivity index (χ4v) is 2.51. The van der Waals surface area contributed by atoms with E-state index in [0.717, 1.165) is 0 Å². The maximum atomic E-state index is 12.9. The second-order valence-electron chi connectivity index (χ2n) is 5.59. The van der Waals surface area contributed by atoms with Crippen LogP contribution in [0.1, 0.15) is 6.42 Å². The van der Waals surface area contributed by atoms with Gasteiger partial charge < -0.3 is 15.4 Å². The van der Waals surface area contributed by atoms with Crippen molar-refractivity contribution in [3.63, 3.8) is 0 Å². The molecule has 0 spiro atoms. The summed E-state index contributed by atoms with van der Waals surface area (Å²) in [6, 6.07) is 14.5. The van der Waals surface area contributed by atoms with Crippen molar-refractivity contribution in [1.29, 1.82) is 5.26 Å². The lowest BCUT2D eigenvalue weighted by Crippen LogP contribution is -2.35. The van der Waals surface area contributed by atoms with E-state index in [1.165, 1.54) is 12.1 Å². The van der Waals surface area contributed by atoms with Crippen molar-refractivity contribution >= 4 is 11.6 Å². The minimum Gasteiger partial charge on any atom is -0.457 e. The lowest BCUT2D eigenvalue weighted by atomic mass is 10.1. The third-order valence-corrected chi connectivity index (χ3v) is 3.80. The predicted molar refractivity (Wildman–Crippen MR) is 87.1 cm³/mol. The monoisotopic (exact) mass is 325 g/mol. The fraction of sp³-hybridized carbons (Fsp3) is 0.222. The topological polar surface area (TPSA) is 74.2 Å². The van der Waals surface area contributed by atoms with Crippen molar-refractivity contribution in [2.24, 2.45) is 5.92 Å². The molecule has 1 amide bonds. The molecule has 0 radical (unpaired) electrons. The highest BCUT2D eigenvalue weighted by molar-refractivity contribution is 5.95. The molecular weight excluding hydrogens is 309 g/mol. The number of halogens is 1. The standard InChI is InChI=1S/C18H16FN3O2/c19-13-1-5-15(6-2-13)24-16-7-3-14(4-8-16)22-18(23)17-9-12(10-20)11-21-17/h1-8,12,17,21H,9,11H2,(H,22,23)/t12?,17-/m0/s1. The maximum absolute atomic E-state index is 12.9. The summed E-state index contributed by atoms with van der Waals surface area (Å²) >= 11 is 0. The van der Waals surface area contributed by atoms with Gasteiger partial charge in [0.1, 0.15) is 17.3 Å². The molecule has 6 heteroatoms. The second kappa shape index (κ2) is 7.11. The number of anilines is 1. The van der Waals surface area contributed by atoms with Crippen LogP contribution in [0.2, 0.25) is 0 Å². The molecule has 1 aliphatic rings. The summed E-state index contributed by atoms with van der Waals surface area (Å²) in [6.45, 7) is 0.541. The summed E-state index contributed by atoms with van der Waals surface area (Å²) in [5.41, 5.74) is 0.647. The van der Waals surface area contributed by atoms with Gasteiger partial charge in [-0.3, -0.25) is 4.79 Å². The van der Waals surface area contributed by atoms with E-state index in [-0.39, 0.29) is 23.7 Å². The number of ether oxygens (including phenoxy) is 1. The maximum Gasteiger partial charge on any atom is 0.241 e. The van der Waals surface area contributed by atoms with Crippen LogP contribution in [0.3, 0.4) is 0 Å². The van der Waals surface area contributed by atoms with Crippen LogP contribution in [0, 0.1) is 23.1 Å². The number of rotatable bonds is 4. The Bertz CT molecular complexity index is 753. The van der Waals surface area contributed by atoms with Gasteiger partial charge in [-0.25, -0.2) is 4.39 Å². The van der Waals surface area contributed by atoms with Crippen LogP contribution in [0.5, 0.6) is 11.5 Å². The van der Waals surface area contributed by atoms with Gasteiger partial charge in [0.15, 0.2) is 0 Å². The SMILES string of the molecule is N#CC1CN[C@H](C(=O)Nc2ccc(Oc3ccc(F)cc3)cc2)C1. The average molecular weight is 325 g/mol. The van der Waals surface area contributed by atoms with Crippen LogP contribution in [-0.2, 0) is 4.79 Å². The Kier molecular flexibility index (Phi) is 4.73. The van der Waals surface area contributed by atoms with E-state index in [1.54, 1.807) is 36.4 Å². The van der Waals surface area contributed by atoms with Gasteiger partial charge in [0.25, 0.3) is 0 Å². The molecule has 0 bridgehead atoms. The highest BCUT2D eigenvalue weighted by Crippen LogP contribution is 2.23. The fourth-order valence-electron chi connectivity index (χ4n) is 2.51. The van der Waals surface area contributed by atoms with Gasteiger partial charge in [0, 0.05) is 12.2 Å². The molecule has 3 rings (SSSR count). The first-order valence-electron chi connectivity index (χ1n) is 7.61. The summed E-state index contributed by atoms with van der Waals surface area (Å²) < 4.78 is 18.5. The number of nitriles is 1. The predicted octanol–water partition coefficient (Wildman–Crippen LogP) is 3.06. The number of nitrogens with zero attached hydrogens (tertiary/aromatic N) is 1. The van der Waals surface area contributed by atoms with Crippen LogP contribution in [-0.4, -0.2) is 18.5 Å². The summed E-state index contributed by atoms with van der Waals surface area (Å²) in [6.07, 6.45) is 0.522. The zero-order chi connectivity index (χ0) is 16.9. The van der Waals surface area contributed by atoms with E-state index in [9.17, 15) is 9.18 Å². The van der Waals surface area contributed by atoms with E-state index in [1.807, 2.05) is 0 Å². The zero-order valence-electron chi connectivity index (χ0n) is 12.8.